The highest BCUT2D eigenvalue weighted by atomic mass is 15.3. The molecule has 0 aliphatic heterocycles. The molecule has 19 heavy (non-hydrogen) atoms. The molecule has 1 fully saturated rings. The van der Waals surface area contributed by atoms with Gasteiger partial charge in [0, 0.05) is 30.4 Å². The summed E-state index contributed by atoms with van der Waals surface area (Å²) in [6.07, 6.45) is 5.93. The van der Waals surface area contributed by atoms with Gasteiger partial charge in [0.25, 0.3) is 0 Å². The molecule has 1 aliphatic carbocycles. The number of aromatic nitrogens is 2. The van der Waals surface area contributed by atoms with E-state index in [1.165, 1.54) is 25.0 Å². The molecule has 1 aromatic rings. The average Bonchev–Trinajstić information content (AvgIpc) is 2.72. The summed E-state index contributed by atoms with van der Waals surface area (Å²) in [5.41, 5.74) is 1.62. The van der Waals surface area contributed by atoms with E-state index in [1.807, 2.05) is 6.20 Å². The van der Waals surface area contributed by atoms with E-state index in [1.54, 1.807) is 0 Å². The van der Waals surface area contributed by atoms with Crippen molar-refractivity contribution in [2.45, 2.75) is 58.4 Å². The predicted octanol–water partition coefficient (Wildman–Crippen LogP) is 3.33. The first kappa shape index (κ1) is 14.6. The number of hydrogen-bond acceptors (Lipinski definition) is 2. The lowest BCUT2D eigenvalue weighted by Crippen LogP contribution is -2.41. The van der Waals surface area contributed by atoms with Crippen LogP contribution in [0.25, 0.3) is 0 Å². The van der Waals surface area contributed by atoms with E-state index >= 15 is 0 Å². The maximum absolute atomic E-state index is 4.36. The van der Waals surface area contributed by atoms with Gasteiger partial charge in [-0.15, -0.1) is 0 Å². The van der Waals surface area contributed by atoms with Crippen molar-refractivity contribution in [3.63, 3.8) is 0 Å². The zero-order chi connectivity index (χ0) is 14.0. The topological polar surface area (TPSA) is 29.9 Å². The molecule has 2 rings (SSSR count). The Morgan fingerprint density at radius 1 is 1.37 bits per heavy atom. The van der Waals surface area contributed by atoms with Crippen LogP contribution in [0, 0.1) is 11.8 Å². The average molecular weight is 263 g/mol. The van der Waals surface area contributed by atoms with Crippen molar-refractivity contribution in [2.24, 2.45) is 18.9 Å². The molecule has 1 saturated carbocycles. The van der Waals surface area contributed by atoms with Crippen LogP contribution in [0.15, 0.2) is 12.3 Å². The highest BCUT2D eigenvalue weighted by Crippen LogP contribution is 2.40. The van der Waals surface area contributed by atoms with Gasteiger partial charge in [-0.2, -0.15) is 5.10 Å². The standard InChI is InChI=1S/C16H29N3/c1-12-6-7-13(11-17-16(2,3)4)14(10-12)15-8-9-18-19(15)5/h8-9,12-14,17H,6-7,10-11H2,1-5H3. The van der Waals surface area contributed by atoms with Crippen LogP contribution in [0.1, 0.15) is 58.6 Å². The van der Waals surface area contributed by atoms with Gasteiger partial charge in [0.15, 0.2) is 0 Å². The van der Waals surface area contributed by atoms with Crippen molar-refractivity contribution in [2.75, 3.05) is 6.54 Å². The summed E-state index contributed by atoms with van der Waals surface area (Å²) in [6.45, 7) is 10.2. The summed E-state index contributed by atoms with van der Waals surface area (Å²) in [5.74, 6) is 2.24. The van der Waals surface area contributed by atoms with E-state index in [-0.39, 0.29) is 5.54 Å². The van der Waals surface area contributed by atoms with Crippen molar-refractivity contribution in [1.29, 1.82) is 0 Å². The minimum absolute atomic E-state index is 0.208. The molecule has 0 saturated heterocycles. The molecule has 1 heterocycles. The van der Waals surface area contributed by atoms with Gasteiger partial charge in [-0.25, -0.2) is 0 Å². The van der Waals surface area contributed by atoms with E-state index in [4.69, 9.17) is 0 Å². The van der Waals surface area contributed by atoms with Crippen LogP contribution < -0.4 is 5.32 Å². The second-order valence-corrected chi connectivity index (χ2v) is 7.30. The van der Waals surface area contributed by atoms with E-state index in [9.17, 15) is 0 Å². The van der Waals surface area contributed by atoms with Gasteiger partial charge < -0.3 is 5.32 Å². The Morgan fingerprint density at radius 3 is 2.68 bits per heavy atom. The summed E-state index contributed by atoms with van der Waals surface area (Å²) in [6, 6.07) is 2.20. The molecule has 1 aliphatic rings. The van der Waals surface area contributed by atoms with Gasteiger partial charge in [-0.1, -0.05) is 13.3 Å². The van der Waals surface area contributed by atoms with Crippen LogP contribution in [0.4, 0.5) is 0 Å². The molecule has 3 unspecified atom stereocenters. The lowest BCUT2D eigenvalue weighted by Gasteiger charge is -2.36. The smallest absolute Gasteiger partial charge is 0.0492 e. The third-order valence-corrected chi connectivity index (χ3v) is 4.39. The number of nitrogens with zero attached hydrogens (tertiary/aromatic N) is 2. The van der Waals surface area contributed by atoms with Crippen molar-refractivity contribution in [3.8, 4) is 0 Å². The Bertz CT molecular complexity index is 402. The summed E-state index contributed by atoms with van der Waals surface area (Å²) in [5, 5.41) is 8.04. The lowest BCUT2D eigenvalue weighted by atomic mass is 9.73. The maximum atomic E-state index is 4.36. The van der Waals surface area contributed by atoms with Crippen LogP contribution in [-0.2, 0) is 7.05 Å². The normalized spacial score (nSPS) is 28.6. The van der Waals surface area contributed by atoms with Crippen LogP contribution >= 0.6 is 0 Å². The molecule has 108 valence electrons. The second kappa shape index (κ2) is 5.66. The zero-order valence-corrected chi connectivity index (χ0v) is 13.1. The molecule has 0 bridgehead atoms. The largest absolute Gasteiger partial charge is 0.312 e. The predicted molar refractivity (Wildman–Crippen MR) is 80.2 cm³/mol. The molecule has 0 spiro atoms. The summed E-state index contributed by atoms with van der Waals surface area (Å²) >= 11 is 0. The Balaban J connectivity index is 2.09. The van der Waals surface area contributed by atoms with E-state index in [0.29, 0.717) is 5.92 Å². The van der Waals surface area contributed by atoms with Gasteiger partial charge in [0.05, 0.1) is 0 Å². The van der Waals surface area contributed by atoms with Gasteiger partial charge in [0.2, 0.25) is 0 Å². The van der Waals surface area contributed by atoms with Crippen molar-refractivity contribution < 1.29 is 0 Å². The third-order valence-electron chi connectivity index (χ3n) is 4.39. The first-order chi connectivity index (χ1) is 8.87. The molecular weight excluding hydrogens is 234 g/mol. The minimum Gasteiger partial charge on any atom is -0.312 e. The summed E-state index contributed by atoms with van der Waals surface area (Å²) in [7, 11) is 2.07. The van der Waals surface area contributed by atoms with Crippen LogP contribution in [0.2, 0.25) is 0 Å². The number of rotatable bonds is 3. The highest BCUT2D eigenvalue weighted by molar-refractivity contribution is 5.11. The highest BCUT2D eigenvalue weighted by Gasteiger charge is 2.31. The fourth-order valence-electron chi connectivity index (χ4n) is 3.24. The van der Waals surface area contributed by atoms with Gasteiger partial charge in [-0.3, -0.25) is 4.68 Å². The molecule has 3 nitrogen and oxygen atoms in total. The Kier molecular flexibility index (Phi) is 4.34. The van der Waals surface area contributed by atoms with Crippen LogP contribution in [-0.4, -0.2) is 21.9 Å². The molecule has 0 aromatic carbocycles. The van der Waals surface area contributed by atoms with Gasteiger partial charge in [-0.05, 0) is 58.1 Å². The first-order valence-corrected chi connectivity index (χ1v) is 7.60. The second-order valence-electron chi connectivity index (χ2n) is 7.30. The SMILES string of the molecule is CC1CCC(CNC(C)(C)C)C(c2ccnn2C)C1. The first-order valence-electron chi connectivity index (χ1n) is 7.60. The number of hydrogen-bond donors (Lipinski definition) is 1. The monoisotopic (exact) mass is 263 g/mol. The molecule has 1 N–H and O–H groups in total. The summed E-state index contributed by atoms with van der Waals surface area (Å²) < 4.78 is 2.06. The number of nitrogens with one attached hydrogen (secondary N) is 1. The molecular formula is C16H29N3. The Labute approximate surface area is 117 Å². The molecule has 0 radical (unpaired) electrons. The quantitative estimate of drug-likeness (QED) is 0.906. The van der Waals surface area contributed by atoms with Crippen molar-refractivity contribution >= 4 is 0 Å². The lowest BCUT2D eigenvalue weighted by molar-refractivity contribution is 0.220. The molecule has 3 heteroatoms. The van der Waals surface area contributed by atoms with E-state index in [2.05, 4.69) is 55.9 Å². The minimum atomic E-state index is 0.208. The van der Waals surface area contributed by atoms with Gasteiger partial charge >= 0.3 is 0 Å². The number of aryl methyl sites for hydroxylation is 1. The van der Waals surface area contributed by atoms with Crippen LogP contribution in [0.3, 0.4) is 0 Å². The molecule has 0 amide bonds. The van der Waals surface area contributed by atoms with E-state index in [0.717, 1.165) is 18.4 Å². The van der Waals surface area contributed by atoms with Gasteiger partial charge in [0.1, 0.15) is 0 Å². The van der Waals surface area contributed by atoms with Crippen molar-refractivity contribution in [3.05, 3.63) is 18.0 Å². The fraction of sp³-hybridized carbons (Fsp3) is 0.812. The third kappa shape index (κ3) is 3.82. The summed E-state index contributed by atoms with van der Waals surface area (Å²) in [4.78, 5) is 0. The Hall–Kier alpha value is -0.830. The Morgan fingerprint density at radius 2 is 2.11 bits per heavy atom. The van der Waals surface area contributed by atoms with Crippen molar-refractivity contribution in [1.82, 2.24) is 15.1 Å². The molecule has 3 atom stereocenters. The van der Waals surface area contributed by atoms with E-state index < -0.39 is 0 Å². The maximum Gasteiger partial charge on any atom is 0.0492 e. The zero-order valence-electron chi connectivity index (χ0n) is 13.1. The van der Waals surface area contributed by atoms with Crippen LogP contribution in [0.5, 0.6) is 0 Å². The fourth-order valence-corrected chi connectivity index (χ4v) is 3.24. The molecule has 1 aromatic heterocycles.